The summed E-state index contributed by atoms with van der Waals surface area (Å²) in [5, 5.41) is 7.73. The van der Waals surface area contributed by atoms with Crippen molar-refractivity contribution in [1.29, 1.82) is 0 Å². The average molecular weight is 252 g/mol. The van der Waals surface area contributed by atoms with Crippen LogP contribution in [0.4, 0.5) is 5.82 Å². The molecule has 1 unspecified atom stereocenters. The molecule has 0 saturated heterocycles. The van der Waals surface area contributed by atoms with Gasteiger partial charge in [-0.3, -0.25) is 9.58 Å². The molecule has 0 aliphatic heterocycles. The molecule has 0 fully saturated rings. The van der Waals surface area contributed by atoms with Gasteiger partial charge in [0.15, 0.2) is 0 Å². The largest absolute Gasteiger partial charge is 0.373 e. The molecule has 1 atom stereocenters. The number of nitrogens with one attached hydrogen (secondary N) is 1. The number of hydrogen-bond acceptors (Lipinski definition) is 3. The molecule has 1 N–H and O–H groups in total. The van der Waals surface area contributed by atoms with Crippen LogP contribution in [0.15, 0.2) is 0 Å². The Morgan fingerprint density at radius 3 is 2.39 bits per heavy atom. The molecule has 0 amide bonds. The van der Waals surface area contributed by atoms with Crippen molar-refractivity contribution in [3.8, 4) is 0 Å². The monoisotopic (exact) mass is 252 g/mol. The third-order valence-corrected chi connectivity index (χ3v) is 3.90. The molecule has 1 rings (SSSR count). The molecule has 0 bridgehead atoms. The maximum Gasteiger partial charge on any atom is 0.128 e. The zero-order valence-electron chi connectivity index (χ0n) is 13.1. The van der Waals surface area contributed by atoms with E-state index in [9.17, 15) is 0 Å². The first-order valence-corrected chi connectivity index (χ1v) is 6.59. The predicted octanol–water partition coefficient (Wildman–Crippen LogP) is 2.64. The second-order valence-corrected chi connectivity index (χ2v) is 6.24. The van der Waals surface area contributed by atoms with Gasteiger partial charge in [0, 0.05) is 32.2 Å². The minimum Gasteiger partial charge on any atom is -0.373 e. The van der Waals surface area contributed by atoms with Crippen LogP contribution in [-0.4, -0.2) is 34.8 Å². The van der Waals surface area contributed by atoms with E-state index in [2.05, 4.69) is 57.0 Å². The maximum atomic E-state index is 4.48. The van der Waals surface area contributed by atoms with E-state index in [1.807, 2.05) is 18.8 Å². The lowest BCUT2D eigenvalue weighted by atomic mass is 9.87. The lowest BCUT2D eigenvalue weighted by Crippen LogP contribution is -2.39. The summed E-state index contributed by atoms with van der Waals surface area (Å²) in [7, 11) is 6.12. The van der Waals surface area contributed by atoms with E-state index in [0.29, 0.717) is 6.04 Å². The standard InChI is InChI=1S/C14H28N4/c1-10-12(13(15-6)18(8)16-10)9-17(7)11(2)14(3,4)5/h11,15H,9H2,1-8H3. The molecule has 0 radical (unpaired) electrons. The van der Waals surface area contributed by atoms with Gasteiger partial charge in [0.1, 0.15) is 5.82 Å². The Balaban J connectivity index is 2.91. The molecule has 0 spiro atoms. The number of aryl methyl sites for hydroxylation is 2. The van der Waals surface area contributed by atoms with Crippen LogP contribution in [0, 0.1) is 12.3 Å². The van der Waals surface area contributed by atoms with Gasteiger partial charge < -0.3 is 5.32 Å². The van der Waals surface area contributed by atoms with Crippen molar-refractivity contribution >= 4 is 5.82 Å². The summed E-state index contributed by atoms with van der Waals surface area (Å²) in [5.41, 5.74) is 2.68. The Bertz CT molecular complexity index is 401. The normalized spacial score (nSPS) is 14.1. The molecule has 1 aromatic rings. The van der Waals surface area contributed by atoms with Crippen LogP contribution in [-0.2, 0) is 13.6 Å². The van der Waals surface area contributed by atoms with Crippen molar-refractivity contribution in [2.75, 3.05) is 19.4 Å². The van der Waals surface area contributed by atoms with E-state index < -0.39 is 0 Å². The van der Waals surface area contributed by atoms with Gasteiger partial charge in [0.2, 0.25) is 0 Å². The van der Waals surface area contributed by atoms with Gasteiger partial charge in [-0.2, -0.15) is 5.10 Å². The fourth-order valence-electron chi connectivity index (χ4n) is 2.25. The lowest BCUT2D eigenvalue weighted by molar-refractivity contribution is 0.134. The Labute approximate surface area is 111 Å². The van der Waals surface area contributed by atoms with Crippen molar-refractivity contribution in [2.24, 2.45) is 12.5 Å². The SMILES string of the molecule is CNc1c(CN(C)C(C)C(C)(C)C)c(C)nn1C. The van der Waals surface area contributed by atoms with Crippen molar-refractivity contribution in [2.45, 2.75) is 47.2 Å². The molecule has 0 saturated carbocycles. The second-order valence-electron chi connectivity index (χ2n) is 6.24. The summed E-state index contributed by atoms with van der Waals surface area (Å²) in [6.45, 7) is 12.1. The highest BCUT2D eigenvalue weighted by molar-refractivity contribution is 5.46. The van der Waals surface area contributed by atoms with Gasteiger partial charge in [0.05, 0.1) is 5.69 Å². The van der Waals surface area contributed by atoms with Crippen LogP contribution in [0.1, 0.15) is 39.0 Å². The first-order valence-electron chi connectivity index (χ1n) is 6.59. The van der Waals surface area contributed by atoms with Gasteiger partial charge in [-0.25, -0.2) is 0 Å². The average Bonchev–Trinajstić information content (AvgIpc) is 2.51. The molecule has 104 valence electrons. The van der Waals surface area contributed by atoms with Crippen molar-refractivity contribution in [3.63, 3.8) is 0 Å². The Kier molecular flexibility index (Phi) is 4.43. The van der Waals surface area contributed by atoms with E-state index in [1.54, 1.807) is 0 Å². The van der Waals surface area contributed by atoms with Crippen molar-refractivity contribution in [3.05, 3.63) is 11.3 Å². The molecular formula is C14H28N4. The van der Waals surface area contributed by atoms with Crippen LogP contribution >= 0.6 is 0 Å². The van der Waals surface area contributed by atoms with Crippen LogP contribution < -0.4 is 5.32 Å². The topological polar surface area (TPSA) is 33.1 Å². The van der Waals surface area contributed by atoms with Gasteiger partial charge in [-0.1, -0.05) is 20.8 Å². The second kappa shape index (κ2) is 5.31. The van der Waals surface area contributed by atoms with Gasteiger partial charge in [0.25, 0.3) is 0 Å². The Morgan fingerprint density at radius 1 is 1.39 bits per heavy atom. The van der Waals surface area contributed by atoms with E-state index in [1.165, 1.54) is 5.56 Å². The summed E-state index contributed by atoms with van der Waals surface area (Å²) < 4.78 is 1.92. The van der Waals surface area contributed by atoms with Crippen molar-refractivity contribution < 1.29 is 0 Å². The molecular weight excluding hydrogens is 224 g/mol. The quantitative estimate of drug-likeness (QED) is 0.894. The molecule has 0 aliphatic rings. The zero-order chi connectivity index (χ0) is 14.1. The first kappa shape index (κ1) is 15.0. The minimum absolute atomic E-state index is 0.282. The summed E-state index contributed by atoms with van der Waals surface area (Å²) in [5.74, 6) is 1.11. The number of hydrogen-bond donors (Lipinski definition) is 1. The van der Waals surface area contributed by atoms with Crippen LogP contribution in [0.3, 0.4) is 0 Å². The first-order chi connectivity index (χ1) is 8.18. The Hall–Kier alpha value is -1.03. The van der Waals surface area contributed by atoms with Gasteiger partial charge >= 0.3 is 0 Å². The third-order valence-electron chi connectivity index (χ3n) is 3.90. The highest BCUT2D eigenvalue weighted by atomic mass is 15.3. The fraction of sp³-hybridized carbons (Fsp3) is 0.786. The predicted molar refractivity (Wildman–Crippen MR) is 77.9 cm³/mol. The summed E-state index contributed by atoms with van der Waals surface area (Å²) >= 11 is 0. The molecule has 18 heavy (non-hydrogen) atoms. The van der Waals surface area contributed by atoms with Crippen LogP contribution in [0.25, 0.3) is 0 Å². The Morgan fingerprint density at radius 2 is 1.94 bits per heavy atom. The number of nitrogens with zero attached hydrogens (tertiary/aromatic N) is 3. The van der Waals surface area contributed by atoms with E-state index in [0.717, 1.165) is 18.1 Å². The molecule has 1 aromatic heterocycles. The zero-order valence-corrected chi connectivity index (χ0v) is 13.1. The highest BCUT2D eigenvalue weighted by Gasteiger charge is 2.25. The minimum atomic E-state index is 0.282. The lowest BCUT2D eigenvalue weighted by Gasteiger charge is -2.35. The molecule has 4 heteroatoms. The highest BCUT2D eigenvalue weighted by Crippen LogP contribution is 2.26. The van der Waals surface area contributed by atoms with E-state index in [-0.39, 0.29) is 5.41 Å². The number of rotatable bonds is 4. The van der Waals surface area contributed by atoms with Crippen LogP contribution in [0.2, 0.25) is 0 Å². The molecule has 4 nitrogen and oxygen atoms in total. The summed E-state index contributed by atoms with van der Waals surface area (Å²) in [6, 6.07) is 0.516. The third kappa shape index (κ3) is 3.05. The van der Waals surface area contributed by atoms with Gasteiger partial charge in [-0.05, 0) is 26.3 Å². The summed E-state index contributed by atoms with van der Waals surface area (Å²) in [6.07, 6.45) is 0. The smallest absolute Gasteiger partial charge is 0.128 e. The van der Waals surface area contributed by atoms with E-state index >= 15 is 0 Å². The molecule has 0 aliphatic carbocycles. The fourth-order valence-corrected chi connectivity index (χ4v) is 2.25. The molecule has 1 heterocycles. The maximum absolute atomic E-state index is 4.48. The van der Waals surface area contributed by atoms with Crippen LogP contribution in [0.5, 0.6) is 0 Å². The van der Waals surface area contributed by atoms with Crippen molar-refractivity contribution in [1.82, 2.24) is 14.7 Å². The molecule has 0 aromatic carbocycles. The van der Waals surface area contributed by atoms with Gasteiger partial charge in [-0.15, -0.1) is 0 Å². The number of anilines is 1. The summed E-state index contributed by atoms with van der Waals surface area (Å²) in [4.78, 5) is 2.39. The number of aromatic nitrogens is 2. The van der Waals surface area contributed by atoms with E-state index in [4.69, 9.17) is 0 Å².